The third-order valence-corrected chi connectivity index (χ3v) is 3.69. The van der Waals surface area contributed by atoms with E-state index in [0.717, 1.165) is 37.2 Å². The lowest BCUT2D eigenvalue weighted by atomic mass is 9.90. The summed E-state index contributed by atoms with van der Waals surface area (Å²) in [5, 5.41) is 6.47. The van der Waals surface area contributed by atoms with E-state index in [1.165, 1.54) is 0 Å². The minimum absolute atomic E-state index is 0. The number of amides is 1. The minimum atomic E-state index is -0.0790. The fourth-order valence-corrected chi connectivity index (χ4v) is 2.51. The van der Waals surface area contributed by atoms with E-state index >= 15 is 0 Å². The molecule has 0 radical (unpaired) electrons. The summed E-state index contributed by atoms with van der Waals surface area (Å²) < 4.78 is 5.27. The number of benzene rings is 1. The predicted octanol–water partition coefficient (Wildman–Crippen LogP) is 1.92. The number of carbonyl (C=O) groups excluding carboxylic acids is 1. The van der Waals surface area contributed by atoms with Gasteiger partial charge in [-0.3, -0.25) is 4.79 Å². The van der Waals surface area contributed by atoms with Crippen LogP contribution in [0.5, 0.6) is 5.75 Å². The molecule has 0 unspecified atom stereocenters. The maximum atomic E-state index is 12.2. The van der Waals surface area contributed by atoms with Gasteiger partial charge in [0.1, 0.15) is 5.75 Å². The van der Waals surface area contributed by atoms with E-state index in [9.17, 15) is 4.79 Å². The summed E-state index contributed by atoms with van der Waals surface area (Å²) >= 11 is 0. The van der Waals surface area contributed by atoms with Crippen LogP contribution in [-0.4, -0.2) is 31.6 Å². The summed E-state index contributed by atoms with van der Waals surface area (Å²) in [5.41, 5.74) is 0.852. The van der Waals surface area contributed by atoms with Crippen molar-refractivity contribution in [2.75, 3.05) is 20.2 Å². The second-order valence-electron chi connectivity index (χ2n) is 5.35. The van der Waals surface area contributed by atoms with Crippen molar-refractivity contribution in [3.8, 4) is 5.75 Å². The van der Waals surface area contributed by atoms with Gasteiger partial charge in [-0.25, -0.2) is 0 Å². The first kappa shape index (κ1) is 16.8. The first-order valence-corrected chi connectivity index (χ1v) is 6.77. The molecule has 1 fully saturated rings. The molecular weight excluding hydrogens is 276 g/mol. The van der Waals surface area contributed by atoms with Gasteiger partial charge >= 0.3 is 0 Å². The van der Waals surface area contributed by atoms with E-state index in [4.69, 9.17) is 4.74 Å². The zero-order chi connectivity index (χ0) is 13.7. The van der Waals surface area contributed by atoms with Gasteiger partial charge in [0, 0.05) is 11.1 Å². The molecule has 2 N–H and O–H groups in total. The van der Waals surface area contributed by atoms with Gasteiger partial charge in [-0.05, 0) is 38.9 Å². The number of para-hydroxylation sites is 1. The molecule has 0 spiro atoms. The van der Waals surface area contributed by atoms with E-state index in [2.05, 4.69) is 17.6 Å². The van der Waals surface area contributed by atoms with Crippen LogP contribution in [0.25, 0.3) is 0 Å². The number of ether oxygens (including phenoxy) is 1. The molecule has 0 saturated carbocycles. The Bertz CT molecular complexity index is 445. The number of methoxy groups -OCH3 is 1. The van der Waals surface area contributed by atoms with Gasteiger partial charge in [-0.1, -0.05) is 18.2 Å². The van der Waals surface area contributed by atoms with E-state index in [1.807, 2.05) is 24.3 Å². The zero-order valence-corrected chi connectivity index (χ0v) is 12.9. The first-order valence-electron chi connectivity index (χ1n) is 6.77. The van der Waals surface area contributed by atoms with Crippen LogP contribution in [-0.2, 0) is 11.2 Å². The molecule has 1 aliphatic heterocycles. The second-order valence-corrected chi connectivity index (χ2v) is 5.35. The molecule has 1 aromatic rings. The molecule has 4 nitrogen and oxygen atoms in total. The number of hydrogen-bond acceptors (Lipinski definition) is 3. The molecule has 0 aliphatic carbocycles. The van der Waals surface area contributed by atoms with E-state index in [0.29, 0.717) is 6.42 Å². The summed E-state index contributed by atoms with van der Waals surface area (Å²) in [6, 6.07) is 7.66. The van der Waals surface area contributed by atoms with Crippen molar-refractivity contribution in [1.82, 2.24) is 10.6 Å². The van der Waals surface area contributed by atoms with Crippen molar-refractivity contribution >= 4 is 18.3 Å². The molecule has 0 bridgehead atoms. The molecule has 20 heavy (non-hydrogen) atoms. The lowest BCUT2D eigenvalue weighted by molar-refractivity contribution is -0.122. The molecule has 1 aromatic carbocycles. The van der Waals surface area contributed by atoms with Crippen molar-refractivity contribution in [3.05, 3.63) is 29.8 Å². The summed E-state index contributed by atoms with van der Waals surface area (Å²) in [6.45, 7) is 4.05. The first-order chi connectivity index (χ1) is 9.13. The third kappa shape index (κ3) is 4.39. The third-order valence-electron chi connectivity index (χ3n) is 3.69. The highest BCUT2D eigenvalue weighted by Gasteiger charge is 2.28. The Morgan fingerprint density at radius 2 is 2.00 bits per heavy atom. The SMILES string of the molecule is COc1ccccc1CC(=O)NC1(C)CCNCC1.Cl. The van der Waals surface area contributed by atoms with Crippen LogP contribution in [0.3, 0.4) is 0 Å². The van der Waals surface area contributed by atoms with Gasteiger partial charge in [0.2, 0.25) is 5.91 Å². The average Bonchev–Trinajstić information content (AvgIpc) is 2.39. The van der Waals surface area contributed by atoms with Crippen LogP contribution in [0.15, 0.2) is 24.3 Å². The monoisotopic (exact) mass is 298 g/mol. The summed E-state index contributed by atoms with van der Waals surface area (Å²) in [7, 11) is 1.63. The Kier molecular flexibility index (Phi) is 6.30. The zero-order valence-electron chi connectivity index (χ0n) is 12.1. The Hall–Kier alpha value is -1.26. The molecule has 1 aliphatic rings. The molecule has 112 valence electrons. The van der Waals surface area contributed by atoms with Crippen molar-refractivity contribution in [1.29, 1.82) is 0 Å². The van der Waals surface area contributed by atoms with Crippen LogP contribution >= 0.6 is 12.4 Å². The van der Waals surface area contributed by atoms with E-state index in [-0.39, 0.29) is 23.9 Å². The molecule has 1 amide bonds. The maximum absolute atomic E-state index is 12.2. The minimum Gasteiger partial charge on any atom is -0.496 e. The molecule has 2 rings (SSSR count). The van der Waals surface area contributed by atoms with Crippen LogP contribution in [0.1, 0.15) is 25.3 Å². The van der Waals surface area contributed by atoms with E-state index < -0.39 is 0 Å². The number of hydrogen-bond donors (Lipinski definition) is 2. The van der Waals surface area contributed by atoms with E-state index in [1.54, 1.807) is 7.11 Å². The second kappa shape index (κ2) is 7.50. The van der Waals surface area contributed by atoms with Gasteiger partial charge < -0.3 is 15.4 Å². The number of piperidine rings is 1. The fourth-order valence-electron chi connectivity index (χ4n) is 2.51. The Morgan fingerprint density at radius 3 is 2.65 bits per heavy atom. The van der Waals surface area contributed by atoms with Crippen molar-refractivity contribution < 1.29 is 9.53 Å². The fraction of sp³-hybridized carbons (Fsp3) is 0.533. The lowest BCUT2D eigenvalue weighted by Crippen LogP contribution is -2.52. The van der Waals surface area contributed by atoms with Gasteiger partial charge in [-0.15, -0.1) is 12.4 Å². The van der Waals surface area contributed by atoms with Gasteiger partial charge in [0.05, 0.1) is 13.5 Å². The molecule has 1 saturated heterocycles. The topological polar surface area (TPSA) is 50.4 Å². The van der Waals surface area contributed by atoms with Crippen molar-refractivity contribution in [3.63, 3.8) is 0 Å². The van der Waals surface area contributed by atoms with Crippen molar-refractivity contribution in [2.24, 2.45) is 0 Å². The molecule has 5 heteroatoms. The Labute approximate surface area is 126 Å². The largest absolute Gasteiger partial charge is 0.496 e. The number of carbonyl (C=O) groups is 1. The normalized spacial score (nSPS) is 16.9. The molecular formula is C15H23ClN2O2. The lowest BCUT2D eigenvalue weighted by Gasteiger charge is -2.35. The van der Waals surface area contributed by atoms with Gasteiger partial charge in [0.25, 0.3) is 0 Å². The smallest absolute Gasteiger partial charge is 0.224 e. The highest BCUT2D eigenvalue weighted by molar-refractivity contribution is 5.85. The quantitative estimate of drug-likeness (QED) is 0.893. The maximum Gasteiger partial charge on any atom is 0.224 e. The molecule has 1 heterocycles. The average molecular weight is 299 g/mol. The number of halogens is 1. The van der Waals surface area contributed by atoms with Crippen LogP contribution < -0.4 is 15.4 Å². The van der Waals surface area contributed by atoms with Gasteiger partial charge in [-0.2, -0.15) is 0 Å². The van der Waals surface area contributed by atoms with Crippen molar-refractivity contribution in [2.45, 2.75) is 31.7 Å². The van der Waals surface area contributed by atoms with Gasteiger partial charge in [0.15, 0.2) is 0 Å². The molecule has 0 aromatic heterocycles. The molecule has 0 atom stereocenters. The van der Waals surface area contributed by atoms with Crippen LogP contribution in [0.2, 0.25) is 0 Å². The van der Waals surface area contributed by atoms with Crippen LogP contribution in [0, 0.1) is 0 Å². The summed E-state index contributed by atoms with van der Waals surface area (Å²) in [6.07, 6.45) is 2.32. The number of rotatable bonds is 4. The predicted molar refractivity (Wildman–Crippen MR) is 82.6 cm³/mol. The highest BCUT2D eigenvalue weighted by atomic mass is 35.5. The van der Waals surface area contributed by atoms with Crippen LogP contribution in [0.4, 0.5) is 0 Å². The number of nitrogens with one attached hydrogen (secondary N) is 2. The standard InChI is InChI=1S/C15H22N2O2.ClH/c1-15(7-9-16-10-8-15)17-14(18)11-12-5-3-4-6-13(12)19-2;/h3-6,16H,7-11H2,1-2H3,(H,17,18);1H. The highest BCUT2D eigenvalue weighted by Crippen LogP contribution is 2.20. The summed E-state index contributed by atoms with van der Waals surface area (Å²) in [5.74, 6) is 0.835. The Balaban J connectivity index is 0.00000200. The summed E-state index contributed by atoms with van der Waals surface area (Å²) in [4.78, 5) is 12.2. The Morgan fingerprint density at radius 1 is 1.35 bits per heavy atom.